The number of phosphoric ester groups is 1. The molecule has 1 atom stereocenters. The molecular weight excluding hydrogens is 735 g/mol. The second-order valence-corrected chi connectivity index (χ2v) is 17.3. The summed E-state index contributed by atoms with van der Waals surface area (Å²) in [5.74, 6) is -0.888. The zero-order valence-corrected chi connectivity index (χ0v) is 37.9. The molecule has 2 N–H and O–H groups in total. The van der Waals surface area contributed by atoms with Crippen molar-refractivity contribution in [3.63, 3.8) is 0 Å². The fourth-order valence-electron chi connectivity index (χ4n) is 6.81. The summed E-state index contributed by atoms with van der Waals surface area (Å²) in [4.78, 5) is 43.0. The molecule has 0 saturated heterocycles. The topological polar surface area (TPSA) is 119 Å². The van der Waals surface area contributed by atoms with Gasteiger partial charge in [-0.25, -0.2) is 4.57 Å². The first-order chi connectivity index (χ1) is 27.8. The summed E-state index contributed by atoms with van der Waals surface area (Å²) in [6.07, 6.45) is 53.0. The number of carbonyl (C=O) groups is 2. The molecule has 334 valence electrons. The van der Waals surface area contributed by atoms with E-state index in [1.54, 1.807) is 0 Å². The van der Waals surface area contributed by atoms with Crippen molar-refractivity contribution in [1.82, 2.24) is 0 Å². The molecule has 0 aliphatic rings. The minimum Gasteiger partial charge on any atom is -0.462 e. The minimum atomic E-state index is -4.76. The highest BCUT2D eigenvalue weighted by atomic mass is 31.2. The third kappa shape index (κ3) is 46.8. The summed E-state index contributed by atoms with van der Waals surface area (Å²) in [6, 6.07) is 0. The fourth-order valence-corrected chi connectivity index (χ4v) is 7.17. The molecule has 0 aromatic carbocycles. The van der Waals surface area contributed by atoms with E-state index >= 15 is 0 Å². The third-order valence-electron chi connectivity index (χ3n) is 10.4. The second kappa shape index (κ2) is 43.8. The number of esters is 2. The molecule has 0 aromatic heterocycles. The summed E-state index contributed by atoms with van der Waals surface area (Å²) >= 11 is 0. The number of rotatable bonds is 44. The smallest absolute Gasteiger partial charge is 0.462 e. The summed E-state index contributed by atoms with van der Waals surface area (Å²) in [5, 5.41) is 0. The molecule has 8 nitrogen and oxygen atoms in total. The van der Waals surface area contributed by atoms with Crippen LogP contribution in [0.1, 0.15) is 239 Å². The van der Waals surface area contributed by atoms with Crippen molar-refractivity contribution in [1.29, 1.82) is 0 Å². The monoisotopic (exact) mass is 825 g/mol. The maximum absolute atomic E-state index is 12.4. The zero-order valence-electron chi connectivity index (χ0n) is 37.0. The van der Waals surface area contributed by atoms with E-state index in [1.165, 1.54) is 154 Å². The van der Waals surface area contributed by atoms with E-state index in [4.69, 9.17) is 19.3 Å². The van der Waals surface area contributed by atoms with Crippen LogP contribution >= 0.6 is 7.82 Å². The van der Waals surface area contributed by atoms with E-state index in [2.05, 4.69) is 54.8 Å². The average Bonchev–Trinajstić information content (AvgIpc) is 3.18. The Bertz CT molecular complexity index is 1020. The first-order valence-electron chi connectivity index (χ1n) is 23.8. The van der Waals surface area contributed by atoms with Crippen molar-refractivity contribution in [2.45, 2.75) is 245 Å². The standard InChI is InChI=1S/C48H89O8P/c1-3-5-7-9-11-13-15-17-19-21-23-24-25-27-28-30-32-34-36-38-40-42-47(49)54-44-46(45-55-57(51,52)53)56-48(50)43-41-39-37-35-33-31-29-26-22-20-18-16-14-12-10-8-6-4-2/h14,16,20-23,46H,3-13,15,17-19,24-45H2,1-2H3,(H2,51,52,53)/b16-14-,22-20-,23-21-. The van der Waals surface area contributed by atoms with Gasteiger partial charge in [0.15, 0.2) is 6.10 Å². The highest BCUT2D eigenvalue weighted by Gasteiger charge is 2.23. The number of allylic oxidation sites excluding steroid dienone is 6. The molecule has 0 rings (SSSR count). The molecule has 0 bridgehead atoms. The van der Waals surface area contributed by atoms with Gasteiger partial charge < -0.3 is 19.3 Å². The number of hydrogen-bond acceptors (Lipinski definition) is 6. The van der Waals surface area contributed by atoms with E-state index < -0.39 is 32.5 Å². The first kappa shape index (κ1) is 55.3. The van der Waals surface area contributed by atoms with Crippen molar-refractivity contribution in [3.05, 3.63) is 36.5 Å². The quantitative estimate of drug-likeness (QED) is 0.0270. The van der Waals surface area contributed by atoms with Gasteiger partial charge in [-0.2, -0.15) is 0 Å². The van der Waals surface area contributed by atoms with Gasteiger partial charge in [-0.15, -0.1) is 0 Å². The molecule has 0 aliphatic carbocycles. The Morgan fingerprint density at radius 2 is 0.789 bits per heavy atom. The van der Waals surface area contributed by atoms with Gasteiger partial charge in [0.2, 0.25) is 0 Å². The number of ether oxygens (including phenoxy) is 2. The average molecular weight is 825 g/mol. The van der Waals surface area contributed by atoms with Crippen LogP contribution in [0.5, 0.6) is 0 Å². The summed E-state index contributed by atoms with van der Waals surface area (Å²) in [7, 11) is -4.76. The van der Waals surface area contributed by atoms with E-state index in [-0.39, 0.29) is 19.4 Å². The molecular formula is C48H89O8P. The van der Waals surface area contributed by atoms with Crippen molar-refractivity contribution in [3.8, 4) is 0 Å². The Morgan fingerprint density at radius 3 is 1.19 bits per heavy atom. The lowest BCUT2D eigenvalue weighted by atomic mass is 10.1. The van der Waals surface area contributed by atoms with Gasteiger partial charge in [-0.05, 0) is 70.6 Å². The van der Waals surface area contributed by atoms with Crippen LogP contribution in [-0.2, 0) is 28.2 Å². The number of hydrogen-bond donors (Lipinski definition) is 2. The van der Waals surface area contributed by atoms with Gasteiger partial charge in [0.25, 0.3) is 0 Å². The molecule has 0 spiro atoms. The normalized spacial score (nSPS) is 12.7. The van der Waals surface area contributed by atoms with Crippen LogP contribution in [-0.4, -0.2) is 41.0 Å². The van der Waals surface area contributed by atoms with E-state index in [1.807, 2.05) is 0 Å². The van der Waals surface area contributed by atoms with Crippen LogP contribution in [0.25, 0.3) is 0 Å². The Kier molecular flexibility index (Phi) is 42.5. The molecule has 57 heavy (non-hydrogen) atoms. The van der Waals surface area contributed by atoms with E-state index in [9.17, 15) is 14.2 Å². The first-order valence-corrected chi connectivity index (χ1v) is 25.3. The van der Waals surface area contributed by atoms with Gasteiger partial charge in [0, 0.05) is 12.8 Å². The molecule has 0 amide bonds. The molecule has 1 unspecified atom stereocenters. The fraction of sp³-hybridized carbons (Fsp3) is 0.833. The van der Waals surface area contributed by atoms with Gasteiger partial charge >= 0.3 is 19.8 Å². The largest absolute Gasteiger partial charge is 0.469 e. The van der Waals surface area contributed by atoms with Crippen LogP contribution < -0.4 is 0 Å². The predicted molar refractivity (Wildman–Crippen MR) is 239 cm³/mol. The van der Waals surface area contributed by atoms with Crippen LogP contribution in [0.3, 0.4) is 0 Å². The number of phosphoric acid groups is 1. The van der Waals surface area contributed by atoms with E-state index in [0.717, 1.165) is 51.4 Å². The maximum atomic E-state index is 12.4. The van der Waals surface area contributed by atoms with Gasteiger partial charge in [-0.1, -0.05) is 192 Å². The Balaban J connectivity index is 3.86. The molecule has 0 radical (unpaired) electrons. The molecule has 0 aliphatic heterocycles. The molecule has 9 heteroatoms. The summed E-state index contributed by atoms with van der Waals surface area (Å²) < 4.78 is 26.5. The van der Waals surface area contributed by atoms with Crippen LogP contribution in [0.15, 0.2) is 36.5 Å². The number of carbonyl (C=O) groups excluding carboxylic acids is 2. The summed E-state index contributed by atoms with van der Waals surface area (Å²) in [5.41, 5.74) is 0. The van der Waals surface area contributed by atoms with Crippen molar-refractivity contribution < 1.29 is 37.9 Å². The predicted octanol–water partition coefficient (Wildman–Crippen LogP) is 14.9. The highest BCUT2D eigenvalue weighted by molar-refractivity contribution is 7.46. The highest BCUT2D eigenvalue weighted by Crippen LogP contribution is 2.36. The van der Waals surface area contributed by atoms with Crippen molar-refractivity contribution in [2.75, 3.05) is 13.2 Å². The SMILES string of the molecule is CCCCCC/C=C\C/C=C\CCCCCCCCCC(=O)OC(COC(=O)CCCCCCCCCCC/C=C\CCCCCCCCCC)COP(=O)(O)O. The lowest BCUT2D eigenvalue weighted by molar-refractivity contribution is -0.161. The van der Waals surface area contributed by atoms with Crippen molar-refractivity contribution in [2.24, 2.45) is 0 Å². The minimum absolute atomic E-state index is 0.203. The molecule has 0 fully saturated rings. The Labute approximate surface area is 351 Å². The van der Waals surface area contributed by atoms with Gasteiger partial charge in [-0.3, -0.25) is 14.1 Å². The van der Waals surface area contributed by atoms with Crippen LogP contribution in [0.2, 0.25) is 0 Å². The van der Waals surface area contributed by atoms with Crippen molar-refractivity contribution >= 4 is 19.8 Å². The van der Waals surface area contributed by atoms with Gasteiger partial charge in [0.05, 0.1) is 6.61 Å². The van der Waals surface area contributed by atoms with Crippen LogP contribution in [0, 0.1) is 0 Å². The van der Waals surface area contributed by atoms with Gasteiger partial charge in [0.1, 0.15) is 6.61 Å². The summed E-state index contributed by atoms with van der Waals surface area (Å²) in [6.45, 7) is 3.69. The lowest BCUT2D eigenvalue weighted by Gasteiger charge is -2.18. The zero-order chi connectivity index (χ0) is 41.8. The molecule has 0 saturated carbocycles. The molecule has 0 aromatic rings. The Morgan fingerprint density at radius 1 is 0.456 bits per heavy atom. The second-order valence-electron chi connectivity index (χ2n) is 16.1. The lowest BCUT2D eigenvalue weighted by Crippen LogP contribution is -2.29. The molecule has 0 heterocycles. The Hall–Kier alpha value is -1.73. The third-order valence-corrected chi connectivity index (χ3v) is 10.9. The van der Waals surface area contributed by atoms with Crippen LogP contribution in [0.4, 0.5) is 0 Å². The number of unbranched alkanes of at least 4 members (excludes halogenated alkanes) is 28. The maximum Gasteiger partial charge on any atom is 0.469 e. The van der Waals surface area contributed by atoms with E-state index in [0.29, 0.717) is 6.42 Å².